The van der Waals surface area contributed by atoms with Gasteiger partial charge in [-0.15, -0.1) is 0 Å². The Morgan fingerprint density at radius 3 is 2.95 bits per heavy atom. The predicted octanol–water partition coefficient (Wildman–Crippen LogP) is 0.605. The summed E-state index contributed by atoms with van der Waals surface area (Å²) in [7, 11) is 1.73. The molecule has 1 amide bonds. The number of rotatable bonds is 3. The molecule has 0 saturated carbocycles. The number of anilines is 2. The van der Waals surface area contributed by atoms with Gasteiger partial charge in [0.15, 0.2) is 0 Å². The smallest absolute Gasteiger partial charge is 0.276 e. The summed E-state index contributed by atoms with van der Waals surface area (Å²) in [5.41, 5.74) is 5.43. The number of hydrogen-bond acceptors (Lipinski definition) is 6. The SMILES string of the molecule is CN1CC(Nc2cc([N+](=O)[O-])cc(N)n2)CCC1=O. The van der Waals surface area contributed by atoms with Gasteiger partial charge in [0.1, 0.15) is 11.6 Å². The molecule has 0 aliphatic carbocycles. The Bertz CT molecular complexity index is 519. The summed E-state index contributed by atoms with van der Waals surface area (Å²) in [6.45, 7) is 0.545. The molecule has 2 heterocycles. The van der Waals surface area contributed by atoms with Crippen molar-refractivity contribution in [3.63, 3.8) is 0 Å². The number of carbonyl (C=O) groups excluding carboxylic acids is 1. The van der Waals surface area contributed by atoms with Crippen LogP contribution in [-0.2, 0) is 4.79 Å². The highest BCUT2D eigenvalue weighted by atomic mass is 16.6. The van der Waals surface area contributed by atoms with E-state index in [1.807, 2.05) is 0 Å². The van der Waals surface area contributed by atoms with Gasteiger partial charge in [0, 0.05) is 26.1 Å². The van der Waals surface area contributed by atoms with Crippen LogP contribution in [0.2, 0.25) is 0 Å². The third-order valence-electron chi connectivity index (χ3n) is 3.02. The lowest BCUT2D eigenvalue weighted by atomic mass is 10.1. The fourth-order valence-electron chi connectivity index (χ4n) is 2.06. The molecule has 102 valence electrons. The zero-order valence-electron chi connectivity index (χ0n) is 10.5. The maximum atomic E-state index is 11.4. The average molecular weight is 265 g/mol. The number of aromatic nitrogens is 1. The number of likely N-dealkylation sites (N-methyl/N-ethyl adjacent to an activating group) is 1. The monoisotopic (exact) mass is 265 g/mol. The normalized spacial score (nSPS) is 19.3. The second-order valence-electron chi connectivity index (χ2n) is 4.55. The number of nitrogens with two attached hydrogens (primary N) is 1. The average Bonchev–Trinajstić information content (AvgIpc) is 2.33. The number of likely N-dealkylation sites (tertiary alicyclic amines) is 1. The first-order valence-electron chi connectivity index (χ1n) is 5.88. The fourth-order valence-corrected chi connectivity index (χ4v) is 2.06. The molecule has 1 saturated heterocycles. The second kappa shape index (κ2) is 5.09. The van der Waals surface area contributed by atoms with Crippen molar-refractivity contribution >= 4 is 23.2 Å². The van der Waals surface area contributed by atoms with Crippen LogP contribution in [0.1, 0.15) is 12.8 Å². The Hall–Kier alpha value is -2.38. The van der Waals surface area contributed by atoms with Crippen molar-refractivity contribution in [1.82, 2.24) is 9.88 Å². The van der Waals surface area contributed by atoms with Gasteiger partial charge in [-0.3, -0.25) is 14.9 Å². The number of hydrogen-bond donors (Lipinski definition) is 2. The molecule has 1 atom stereocenters. The van der Waals surface area contributed by atoms with Crippen LogP contribution in [0.4, 0.5) is 17.3 Å². The van der Waals surface area contributed by atoms with Crippen molar-refractivity contribution in [3.8, 4) is 0 Å². The molecular formula is C11H15N5O3. The third-order valence-corrected chi connectivity index (χ3v) is 3.02. The van der Waals surface area contributed by atoms with Crippen LogP contribution < -0.4 is 11.1 Å². The lowest BCUT2D eigenvalue weighted by Crippen LogP contribution is -2.43. The van der Waals surface area contributed by atoms with Gasteiger partial charge < -0.3 is 16.0 Å². The minimum absolute atomic E-state index is 0.0246. The molecule has 1 unspecified atom stereocenters. The molecule has 0 radical (unpaired) electrons. The minimum Gasteiger partial charge on any atom is -0.383 e. The van der Waals surface area contributed by atoms with Crippen LogP contribution in [0, 0.1) is 10.1 Å². The standard InChI is InChI=1S/C11H15N5O3/c1-15-6-7(2-3-11(15)17)13-10-5-8(16(18)19)4-9(12)14-10/h4-5,7H,2-3,6H2,1H3,(H3,12,13,14). The largest absolute Gasteiger partial charge is 0.383 e. The Kier molecular flexibility index (Phi) is 3.50. The molecule has 1 aliphatic heterocycles. The lowest BCUT2D eigenvalue weighted by molar-refractivity contribution is -0.384. The van der Waals surface area contributed by atoms with E-state index in [1.54, 1.807) is 11.9 Å². The highest BCUT2D eigenvalue weighted by molar-refractivity contribution is 5.77. The summed E-state index contributed by atoms with van der Waals surface area (Å²) in [5, 5.41) is 13.8. The van der Waals surface area contributed by atoms with E-state index in [0.717, 1.165) is 0 Å². The predicted molar refractivity (Wildman–Crippen MR) is 69.6 cm³/mol. The van der Waals surface area contributed by atoms with Crippen LogP contribution >= 0.6 is 0 Å². The molecule has 19 heavy (non-hydrogen) atoms. The quantitative estimate of drug-likeness (QED) is 0.611. The van der Waals surface area contributed by atoms with Crippen molar-refractivity contribution < 1.29 is 9.72 Å². The molecule has 0 spiro atoms. The van der Waals surface area contributed by atoms with E-state index in [4.69, 9.17) is 5.73 Å². The zero-order chi connectivity index (χ0) is 14.0. The summed E-state index contributed by atoms with van der Waals surface area (Å²) in [4.78, 5) is 27.2. The van der Waals surface area contributed by atoms with E-state index in [9.17, 15) is 14.9 Å². The van der Waals surface area contributed by atoms with E-state index in [0.29, 0.717) is 25.2 Å². The molecule has 1 aliphatic rings. The van der Waals surface area contributed by atoms with Crippen molar-refractivity contribution in [3.05, 3.63) is 22.2 Å². The Morgan fingerprint density at radius 2 is 2.32 bits per heavy atom. The maximum Gasteiger partial charge on any atom is 0.276 e. The van der Waals surface area contributed by atoms with E-state index in [2.05, 4.69) is 10.3 Å². The molecule has 3 N–H and O–H groups in total. The highest BCUT2D eigenvalue weighted by Gasteiger charge is 2.23. The summed E-state index contributed by atoms with van der Waals surface area (Å²) in [5.74, 6) is 0.556. The van der Waals surface area contributed by atoms with E-state index in [1.165, 1.54) is 12.1 Å². The summed E-state index contributed by atoms with van der Waals surface area (Å²) < 4.78 is 0. The van der Waals surface area contributed by atoms with Gasteiger partial charge in [0.2, 0.25) is 5.91 Å². The van der Waals surface area contributed by atoms with Crippen LogP contribution in [-0.4, -0.2) is 40.3 Å². The second-order valence-corrected chi connectivity index (χ2v) is 4.55. The zero-order valence-corrected chi connectivity index (χ0v) is 10.5. The van der Waals surface area contributed by atoms with Crippen LogP contribution in [0.25, 0.3) is 0 Å². The van der Waals surface area contributed by atoms with Crippen LogP contribution in [0.15, 0.2) is 12.1 Å². The Balaban J connectivity index is 2.11. The van der Waals surface area contributed by atoms with Gasteiger partial charge >= 0.3 is 0 Å². The maximum absolute atomic E-state index is 11.4. The molecule has 1 fully saturated rings. The Morgan fingerprint density at radius 1 is 1.58 bits per heavy atom. The molecule has 1 aromatic rings. The van der Waals surface area contributed by atoms with E-state index < -0.39 is 4.92 Å². The molecule has 2 rings (SSSR count). The molecule has 8 nitrogen and oxygen atoms in total. The highest BCUT2D eigenvalue weighted by Crippen LogP contribution is 2.21. The number of piperidine rings is 1. The van der Waals surface area contributed by atoms with Gasteiger partial charge in [-0.2, -0.15) is 0 Å². The van der Waals surface area contributed by atoms with Crippen LogP contribution in [0.3, 0.4) is 0 Å². The van der Waals surface area contributed by atoms with Gasteiger partial charge in [0.25, 0.3) is 5.69 Å². The summed E-state index contributed by atoms with van der Waals surface area (Å²) in [6, 6.07) is 2.57. The molecule has 0 aromatic carbocycles. The summed E-state index contributed by atoms with van der Waals surface area (Å²) in [6.07, 6.45) is 1.13. The van der Waals surface area contributed by atoms with Gasteiger partial charge in [-0.25, -0.2) is 4.98 Å². The first-order chi connectivity index (χ1) is 8.95. The first-order valence-corrected chi connectivity index (χ1v) is 5.88. The lowest BCUT2D eigenvalue weighted by Gasteiger charge is -2.30. The number of pyridine rings is 1. The van der Waals surface area contributed by atoms with Gasteiger partial charge in [-0.05, 0) is 6.42 Å². The number of amides is 1. The van der Waals surface area contributed by atoms with Gasteiger partial charge in [0.05, 0.1) is 17.1 Å². The van der Waals surface area contributed by atoms with Crippen molar-refractivity contribution in [2.24, 2.45) is 0 Å². The third kappa shape index (κ3) is 3.09. The number of nitrogens with zero attached hydrogens (tertiary/aromatic N) is 3. The number of nitrogen functional groups attached to an aromatic ring is 1. The van der Waals surface area contributed by atoms with Crippen molar-refractivity contribution in [2.45, 2.75) is 18.9 Å². The minimum atomic E-state index is -0.514. The van der Waals surface area contributed by atoms with Crippen molar-refractivity contribution in [1.29, 1.82) is 0 Å². The number of carbonyl (C=O) groups is 1. The summed E-state index contributed by atoms with van der Waals surface area (Å²) >= 11 is 0. The molecule has 8 heteroatoms. The topological polar surface area (TPSA) is 114 Å². The van der Waals surface area contributed by atoms with E-state index in [-0.39, 0.29) is 23.5 Å². The van der Waals surface area contributed by atoms with Crippen molar-refractivity contribution in [2.75, 3.05) is 24.6 Å². The number of nitro groups is 1. The van der Waals surface area contributed by atoms with E-state index >= 15 is 0 Å². The fraction of sp³-hybridized carbons (Fsp3) is 0.455. The Labute approximate surface area is 109 Å². The van der Waals surface area contributed by atoms with Crippen LogP contribution in [0.5, 0.6) is 0 Å². The first kappa shape index (κ1) is 13.1. The van der Waals surface area contributed by atoms with Gasteiger partial charge in [-0.1, -0.05) is 0 Å². The molecular weight excluding hydrogens is 250 g/mol. The molecule has 0 bridgehead atoms. The molecule has 1 aromatic heterocycles. The number of nitrogens with one attached hydrogen (secondary N) is 1.